The van der Waals surface area contributed by atoms with E-state index in [-0.39, 0.29) is 17.0 Å². The molecule has 1 aliphatic heterocycles. The van der Waals surface area contributed by atoms with Gasteiger partial charge < -0.3 is 15.1 Å². The zero-order valence-electron chi connectivity index (χ0n) is 9.64. The van der Waals surface area contributed by atoms with Crippen molar-refractivity contribution in [3.05, 3.63) is 5.89 Å². The molecule has 0 aromatic carbocycles. The maximum Gasteiger partial charge on any atom is 0.315 e. The van der Waals surface area contributed by atoms with Gasteiger partial charge in [-0.15, -0.1) is 5.10 Å². The SMILES string of the molecule is CNCc1nnc(NCC2CCCS2(=O)=O)o1. The van der Waals surface area contributed by atoms with E-state index in [4.69, 9.17) is 4.42 Å². The van der Waals surface area contributed by atoms with E-state index in [1.165, 1.54) is 0 Å². The maximum absolute atomic E-state index is 11.6. The van der Waals surface area contributed by atoms with Crippen LogP contribution in [-0.4, -0.2) is 43.2 Å². The Labute approximate surface area is 99.9 Å². The van der Waals surface area contributed by atoms with Crippen molar-refractivity contribution in [2.45, 2.75) is 24.6 Å². The van der Waals surface area contributed by atoms with Crippen LogP contribution in [0.3, 0.4) is 0 Å². The highest BCUT2D eigenvalue weighted by Gasteiger charge is 2.31. The van der Waals surface area contributed by atoms with Crippen LogP contribution in [0.2, 0.25) is 0 Å². The Morgan fingerprint density at radius 1 is 1.47 bits per heavy atom. The van der Waals surface area contributed by atoms with Crippen molar-refractivity contribution in [1.82, 2.24) is 15.5 Å². The van der Waals surface area contributed by atoms with Gasteiger partial charge in [-0.3, -0.25) is 0 Å². The summed E-state index contributed by atoms with van der Waals surface area (Å²) in [5, 5.41) is 13.0. The maximum atomic E-state index is 11.6. The van der Waals surface area contributed by atoms with Crippen LogP contribution >= 0.6 is 0 Å². The van der Waals surface area contributed by atoms with Gasteiger partial charge in [0.05, 0.1) is 17.5 Å². The molecule has 1 aliphatic rings. The number of hydrogen-bond donors (Lipinski definition) is 2. The monoisotopic (exact) mass is 260 g/mol. The number of rotatable bonds is 5. The molecule has 8 heteroatoms. The molecule has 2 heterocycles. The number of nitrogens with zero attached hydrogens (tertiary/aromatic N) is 2. The highest BCUT2D eigenvalue weighted by atomic mass is 32.2. The standard InChI is InChI=1S/C9H16N4O3S/c1-10-6-8-12-13-9(16-8)11-5-7-3-2-4-17(7,14)15/h7,10H,2-6H2,1H3,(H,11,13). The van der Waals surface area contributed by atoms with Gasteiger partial charge in [0, 0.05) is 6.54 Å². The van der Waals surface area contributed by atoms with E-state index in [0.717, 1.165) is 6.42 Å². The van der Waals surface area contributed by atoms with Crippen LogP contribution in [0.25, 0.3) is 0 Å². The highest BCUT2D eigenvalue weighted by Crippen LogP contribution is 2.20. The molecule has 0 spiro atoms. The lowest BCUT2D eigenvalue weighted by atomic mass is 10.2. The molecule has 17 heavy (non-hydrogen) atoms. The minimum Gasteiger partial charge on any atom is -0.407 e. The van der Waals surface area contributed by atoms with Crippen molar-refractivity contribution in [3.8, 4) is 0 Å². The van der Waals surface area contributed by atoms with Crippen LogP contribution in [0.15, 0.2) is 4.42 Å². The molecule has 7 nitrogen and oxygen atoms in total. The van der Waals surface area contributed by atoms with E-state index < -0.39 is 9.84 Å². The Kier molecular flexibility index (Phi) is 3.63. The second-order valence-corrected chi connectivity index (χ2v) is 6.44. The largest absolute Gasteiger partial charge is 0.407 e. The lowest BCUT2D eigenvalue weighted by molar-refractivity contribution is 0.489. The number of sulfone groups is 1. The first-order valence-corrected chi connectivity index (χ1v) is 7.26. The molecule has 1 unspecified atom stereocenters. The molecule has 1 atom stereocenters. The van der Waals surface area contributed by atoms with Crippen LogP contribution in [0.5, 0.6) is 0 Å². The smallest absolute Gasteiger partial charge is 0.315 e. The summed E-state index contributed by atoms with van der Waals surface area (Å²) in [6.07, 6.45) is 1.44. The average molecular weight is 260 g/mol. The van der Waals surface area contributed by atoms with Crippen molar-refractivity contribution in [3.63, 3.8) is 0 Å². The van der Waals surface area contributed by atoms with Crippen molar-refractivity contribution in [2.24, 2.45) is 0 Å². The molecular weight excluding hydrogens is 244 g/mol. The normalized spacial score (nSPS) is 22.8. The van der Waals surface area contributed by atoms with Crippen LogP contribution in [0.4, 0.5) is 6.01 Å². The molecule has 1 saturated heterocycles. The third-order valence-corrected chi connectivity index (χ3v) is 5.01. The Balaban J connectivity index is 1.89. The third-order valence-electron chi connectivity index (χ3n) is 2.74. The van der Waals surface area contributed by atoms with E-state index in [0.29, 0.717) is 25.4 Å². The zero-order valence-corrected chi connectivity index (χ0v) is 10.5. The van der Waals surface area contributed by atoms with E-state index in [1.54, 1.807) is 7.05 Å². The fraction of sp³-hybridized carbons (Fsp3) is 0.778. The quantitative estimate of drug-likeness (QED) is 0.755. The molecule has 0 aliphatic carbocycles. The molecule has 1 fully saturated rings. The predicted octanol–water partition coefficient (Wildman–Crippen LogP) is -0.222. The van der Waals surface area contributed by atoms with Crippen LogP contribution in [0, 0.1) is 0 Å². The molecule has 0 radical (unpaired) electrons. The minimum atomic E-state index is -2.93. The molecule has 96 valence electrons. The zero-order chi connectivity index (χ0) is 12.3. The number of aromatic nitrogens is 2. The second kappa shape index (κ2) is 5.01. The molecule has 1 aromatic rings. The van der Waals surface area contributed by atoms with E-state index in [1.807, 2.05) is 0 Å². The summed E-state index contributed by atoms with van der Waals surface area (Å²) in [4.78, 5) is 0. The average Bonchev–Trinajstić information content (AvgIpc) is 2.83. The Bertz CT molecular complexity index is 470. The number of nitrogens with one attached hydrogen (secondary N) is 2. The predicted molar refractivity (Wildman–Crippen MR) is 62.4 cm³/mol. The van der Waals surface area contributed by atoms with Crippen LogP contribution < -0.4 is 10.6 Å². The molecule has 1 aromatic heterocycles. The molecule has 0 saturated carbocycles. The van der Waals surface area contributed by atoms with Gasteiger partial charge in [-0.05, 0) is 19.9 Å². The van der Waals surface area contributed by atoms with Gasteiger partial charge in [0.1, 0.15) is 0 Å². The van der Waals surface area contributed by atoms with Gasteiger partial charge in [-0.25, -0.2) is 8.42 Å². The Hall–Kier alpha value is -1.15. The summed E-state index contributed by atoms with van der Waals surface area (Å²) < 4.78 is 28.4. The summed E-state index contributed by atoms with van der Waals surface area (Å²) in [7, 11) is -1.15. The molecular formula is C9H16N4O3S. The van der Waals surface area contributed by atoms with Crippen molar-refractivity contribution < 1.29 is 12.8 Å². The summed E-state index contributed by atoms with van der Waals surface area (Å²) in [5.41, 5.74) is 0. The number of anilines is 1. The molecule has 2 rings (SSSR count). The first-order chi connectivity index (χ1) is 8.12. The summed E-state index contributed by atoms with van der Waals surface area (Å²) in [6, 6.07) is 0.275. The van der Waals surface area contributed by atoms with Crippen molar-refractivity contribution in [1.29, 1.82) is 0 Å². The van der Waals surface area contributed by atoms with Gasteiger partial charge in [0.15, 0.2) is 9.84 Å². The lowest BCUT2D eigenvalue weighted by Crippen LogP contribution is -2.25. The molecule has 0 amide bonds. The Morgan fingerprint density at radius 3 is 2.94 bits per heavy atom. The summed E-state index contributed by atoms with van der Waals surface area (Å²) in [6.45, 7) is 0.833. The lowest BCUT2D eigenvalue weighted by Gasteiger charge is -2.08. The van der Waals surface area contributed by atoms with Crippen molar-refractivity contribution in [2.75, 3.05) is 24.7 Å². The van der Waals surface area contributed by atoms with Gasteiger partial charge in [0.25, 0.3) is 0 Å². The van der Waals surface area contributed by atoms with Crippen molar-refractivity contribution >= 4 is 15.9 Å². The second-order valence-electron chi connectivity index (χ2n) is 4.04. The third kappa shape index (κ3) is 2.95. The number of hydrogen-bond acceptors (Lipinski definition) is 7. The van der Waals surface area contributed by atoms with E-state index in [2.05, 4.69) is 20.8 Å². The molecule has 2 N–H and O–H groups in total. The van der Waals surface area contributed by atoms with Gasteiger partial charge in [-0.1, -0.05) is 5.10 Å². The van der Waals surface area contributed by atoms with Gasteiger partial charge in [0.2, 0.25) is 5.89 Å². The summed E-state index contributed by atoms with van der Waals surface area (Å²) in [5.74, 6) is 0.762. The van der Waals surface area contributed by atoms with E-state index in [9.17, 15) is 8.42 Å². The fourth-order valence-electron chi connectivity index (χ4n) is 1.84. The first-order valence-electron chi connectivity index (χ1n) is 5.54. The first kappa shape index (κ1) is 12.3. The van der Waals surface area contributed by atoms with E-state index >= 15 is 0 Å². The topological polar surface area (TPSA) is 97.1 Å². The Morgan fingerprint density at radius 2 is 2.29 bits per heavy atom. The van der Waals surface area contributed by atoms with Gasteiger partial charge >= 0.3 is 6.01 Å². The van der Waals surface area contributed by atoms with Crippen LogP contribution in [-0.2, 0) is 16.4 Å². The van der Waals surface area contributed by atoms with Crippen LogP contribution in [0.1, 0.15) is 18.7 Å². The summed E-state index contributed by atoms with van der Waals surface area (Å²) >= 11 is 0. The molecule has 0 bridgehead atoms. The minimum absolute atomic E-state index is 0.275. The highest BCUT2D eigenvalue weighted by molar-refractivity contribution is 7.92. The van der Waals surface area contributed by atoms with Gasteiger partial charge in [-0.2, -0.15) is 0 Å². The fourth-order valence-corrected chi connectivity index (χ4v) is 3.60.